The predicted octanol–water partition coefficient (Wildman–Crippen LogP) is 3.28. The number of rotatable bonds is 2. The topological polar surface area (TPSA) is 54.9 Å². The van der Waals surface area contributed by atoms with Crippen LogP contribution in [0.5, 0.6) is 0 Å². The monoisotopic (exact) mass is 329 g/mol. The van der Waals surface area contributed by atoms with E-state index < -0.39 is 11.9 Å². The molecule has 0 fully saturated rings. The van der Waals surface area contributed by atoms with Crippen molar-refractivity contribution in [2.24, 2.45) is 0 Å². The second-order valence-electron chi connectivity index (χ2n) is 3.29. The molecule has 0 saturated heterocycles. The lowest BCUT2D eigenvalue weighted by molar-refractivity contribution is 0.102. The number of nitrogens with zero attached hydrogens (tertiary/aromatic N) is 2. The zero-order valence-electron chi connectivity index (χ0n) is 8.82. The van der Waals surface area contributed by atoms with Gasteiger partial charge in [0.1, 0.15) is 5.69 Å². The summed E-state index contributed by atoms with van der Waals surface area (Å²) in [6.45, 7) is 0. The molecule has 0 bridgehead atoms. The molecule has 0 aliphatic rings. The fourth-order valence-corrected chi connectivity index (χ4v) is 1.71. The maximum atomic E-state index is 12.9. The smallest absolute Gasteiger partial charge is 0.274 e. The highest BCUT2D eigenvalue weighted by Gasteiger charge is 2.11. The average molecular weight is 331 g/mol. The van der Waals surface area contributed by atoms with Crippen LogP contribution in [0.15, 0.2) is 34.9 Å². The van der Waals surface area contributed by atoms with Crippen LogP contribution in [0.3, 0.4) is 0 Å². The molecule has 0 unspecified atom stereocenters. The molecule has 0 aliphatic carbocycles. The second kappa shape index (κ2) is 5.41. The molecule has 4 nitrogen and oxygen atoms in total. The SMILES string of the molecule is O=C(Nc1cc(Br)cnc1Cl)c1cccc(F)n1. The lowest BCUT2D eigenvalue weighted by Crippen LogP contribution is -2.14. The minimum atomic E-state index is -0.721. The van der Waals surface area contributed by atoms with Gasteiger partial charge in [-0.05, 0) is 34.1 Å². The van der Waals surface area contributed by atoms with Gasteiger partial charge in [0, 0.05) is 10.7 Å². The van der Waals surface area contributed by atoms with Gasteiger partial charge in [0.2, 0.25) is 5.95 Å². The Balaban J connectivity index is 2.24. The van der Waals surface area contributed by atoms with Crippen LogP contribution in [0.4, 0.5) is 10.1 Å². The third-order valence-electron chi connectivity index (χ3n) is 2.00. The molecule has 0 spiro atoms. The van der Waals surface area contributed by atoms with Gasteiger partial charge in [0.15, 0.2) is 5.15 Å². The molecule has 2 aromatic rings. The van der Waals surface area contributed by atoms with Gasteiger partial charge < -0.3 is 5.32 Å². The lowest BCUT2D eigenvalue weighted by atomic mass is 10.3. The summed E-state index contributed by atoms with van der Waals surface area (Å²) in [5, 5.41) is 2.64. The van der Waals surface area contributed by atoms with Gasteiger partial charge in [-0.25, -0.2) is 9.97 Å². The number of hydrogen-bond donors (Lipinski definition) is 1. The Hall–Kier alpha value is -1.53. The summed E-state index contributed by atoms with van der Waals surface area (Å²) in [5.41, 5.74) is 0.285. The van der Waals surface area contributed by atoms with Crippen molar-refractivity contribution in [1.82, 2.24) is 9.97 Å². The minimum absolute atomic E-state index is 0.0361. The molecule has 2 aromatic heterocycles. The normalized spacial score (nSPS) is 10.2. The van der Waals surface area contributed by atoms with Crippen LogP contribution in [-0.2, 0) is 0 Å². The van der Waals surface area contributed by atoms with E-state index in [0.717, 1.165) is 6.07 Å². The van der Waals surface area contributed by atoms with Crippen LogP contribution in [-0.4, -0.2) is 15.9 Å². The molecule has 0 aromatic carbocycles. The molecule has 2 heterocycles. The molecule has 92 valence electrons. The second-order valence-corrected chi connectivity index (χ2v) is 4.57. The highest BCUT2D eigenvalue weighted by Crippen LogP contribution is 2.23. The number of hydrogen-bond acceptors (Lipinski definition) is 3. The first-order chi connectivity index (χ1) is 8.56. The highest BCUT2D eigenvalue weighted by molar-refractivity contribution is 9.10. The molecule has 0 aliphatic heterocycles. The summed E-state index contributed by atoms with van der Waals surface area (Å²) in [4.78, 5) is 19.1. The number of pyridine rings is 2. The largest absolute Gasteiger partial charge is 0.318 e. The van der Waals surface area contributed by atoms with E-state index in [1.807, 2.05) is 0 Å². The van der Waals surface area contributed by atoms with E-state index in [0.29, 0.717) is 10.2 Å². The third kappa shape index (κ3) is 3.02. The van der Waals surface area contributed by atoms with Crippen LogP contribution in [0, 0.1) is 5.95 Å². The van der Waals surface area contributed by atoms with Crippen LogP contribution in [0.1, 0.15) is 10.5 Å². The fraction of sp³-hybridized carbons (Fsp3) is 0. The van der Waals surface area contributed by atoms with Crippen molar-refractivity contribution < 1.29 is 9.18 Å². The summed E-state index contributed by atoms with van der Waals surface area (Å²) in [5.74, 6) is -1.28. The highest BCUT2D eigenvalue weighted by atomic mass is 79.9. The van der Waals surface area contributed by atoms with Gasteiger partial charge >= 0.3 is 0 Å². The molecule has 0 atom stereocenters. The first-order valence-corrected chi connectivity index (χ1v) is 5.98. The molecule has 2 rings (SSSR count). The maximum absolute atomic E-state index is 12.9. The van der Waals surface area contributed by atoms with Crippen molar-refractivity contribution in [2.45, 2.75) is 0 Å². The van der Waals surface area contributed by atoms with Crippen molar-refractivity contribution in [3.8, 4) is 0 Å². The van der Waals surface area contributed by atoms with E-state index in [1.54, 1.807) is 6.07 Å². The van der Waals surface area contributed by atoms with Gasteiger partial charge in [-0.1, -0.05) is 17.7 Å². The zero-order chi connectivity index (χ0) is 13.1. The van der Waals surface area contributed by atoms with E-state index in [-0.39, 0.29) is 10.8 Å². The summed E-state index contributed by atoms with van der Waals surface area (Å²) in [6, 6.07) is 5.55. The summed E-state index contributed by atoms with van der Waals surface area (Å²) in [6.07, 6.45) is 1.50. The van der Waals surface area contributed by atoms with E-state index in [4.69, 9.17) is 11.6 Å². The van der Waals surface area contributed by atoms with Gasteiger partial charge in [-0.3, -0.25) is 4.79 Å². The van der Waals surface area contributed by atoms with Gasteiger partial charge in [0.05, 0.1) is 5.69 Å². The van der Waals surface area contributed by atoms with E-state index >= 15 is 0 Å². The number of nitrogens with one attached hydrogen (secondary N) is 1. The molecule has 0 radical (unpaired) electrons. The lowest BCUT2D eigenvalue weighted by Gasteiger charge is -2.06. The van der Waals surface area contributed by atoms with Gasteiger partial charge in [0.25, 0.3) is 5.91 Å². The summed E-state index contributed by atoms with van der Waals surface area (Å²) in [7, 11) is 0. The third-order valence-corrected chi connectivity index (χ3v) is 2.74. The fourth-order valence-electron chi connectivity index (χ4n) is 1.23. The van der Waals surface area contributed by atoms with Crippen molar-refractivity contribution in [1.29, 1.82) is 0 Å². The zero-order valence-corrected chi connectivity index (χ0v) is 11.2. The number of amides is 1. The average Bonchev–Trinajstić information content (AvgIpc) is 2.34. The Bertz CT molecular complexity index is 609. The predicted molar refractivity (Wildman–Crippen MR) is 69.1 cm³/mol. The number of aromatic nitrogens is 2. The van der Waals surface area contributed by atoms with Crippen LogP contribution in [0.25, 0.3) is 0 Å². The number of carbonyl (C=O) groups is 1. The Labute approximate surface area is 115 Å². The Morgan fingerprint density at radius 1 is 1.44 bits per heavy atom. The van der Waals surface area contributed by atoms with Crippen molar-refractivity contribution in [2.75, 3.05) is 5.32 Å². The van der Waals surface area contributed by atoms with Crippen LogP contribution in [0.2, 0.25) is 5.15 Å². The van der Waals surface area contributed by atoms with Gasteiger partial charge in [-0.15, -0.1) is 0 Å². The van der Waals surface area contributed by atoms with E-state index in [2.05, 4.69) is 31.2 Å². The van der Waals surface area contributed by atoms with Crippen molar-refractivity contribution in [3.05, 3.63) is 51.7 Å². The number of anilines is 1. The van der Waals surface area contributed by atoms with Crippen molar-refractivity contribution in [3.63, 3.8) is 0 Å². The van der Waals surface area contributed by atoms with Crippen LogP contribution >= 0.6 is 27.5 Å². The van der Waals surface area contributed by atoms with Gasteiger partial charge in [-0.2, -0.15) is 4.39 Å². The molecule has 0 saturated carbocycles. The van der Waals surface area contributed by atoms with Crippen molar-refractivity contribution >= 4 is 39.1 Å². The molecular weight excluding hydrogens is 324 g/mol. The Morgan fingerprint density at radius 3 is 2.94 bits per heavy atom. The molecular formula is C11H6BrClFN3O. The Kier molecular flexibility index (Phi) is 3.88. The Morgan fingerprint density at radius 2 is 2.22 bits per heavy atom. The minimum Gasteiger partial charge on any atom is -0.318 e. The molecule has 7 heteroatoms. The first kappa shape index (κ1) is 12.9. The summed E-state index contributed by atoms with van der Waals surface area (Å²) >= 11 is 9.02. The molecule has 1 N–H and O–H groups in total. The van der Waals surface area contributed by atoms with E-state index in [9.17, 15) is 9.18 Å². The number of carbonyl (C=O) groups excluding carboxylic acids is 1. The van der Waals surface area contributed by atoms with Crippen LogP contribution < -0.4 is 5.32 Å². The van der Waals surface area contributed by atoms with E-state index in [1.165, 1.54) is 18.3 Å². The molecule has 1 amide bonds. The molecule has 18 heavy (non-hydrogen) atoms. The maximum Gasteiger partial charge on any atom is 0.274 e. The number of halogens is 3. The first-order valence-electron chi connectivity index (χ1n) is 4.81. The standard InChI is InChI=1S/C11H6BrClFN3O/c12-6-4-8(10(13)15-5-6)17-11(18)7-2-1-3-9(14)16-7/h1-5H,(H,17,18). The quantitative estimate of drug-likeness (QED) is 0.860. The summed E-state index contributed by atoms with van der Waals surface area (Å²) < 4.78 is 13.5.